The molecule has 4 nitrogen and oxygen atoms in total. The van der Waals surface area contributed by atoms with Crippen molar-refractivity contribution in [2.24, 2.45) is 7.05 Å². The largest absolute Gasteiger partial charge is 0.337 e. The molecule has 3 heterocycles. The fourth-order valence-corrected chi connectivity index (χ4v) is 3.25. The van der Waals surface area contributed by atoms with Crippen LogP contribution in [0.3, 0.4) is 0 Å². The number of aromatic nitrogens is 3. The van der Waals surface area contributed by atoms with E-state index >= 15 is 0 Å². The van der Waals surface area contributed by atoms with E-state index in [1.165, 1.54) is 23.5 Å². The van der Waals surface area contributed by atoms with Crippen LogP contribution in [0, 0.1) is 0 Å². The van der Waals surface area contributed by atoms with E-state index in [-0.39, 0.29) is 0 Å². The molecule has 0 radical (unpaired) electrons. The van der Waals surface area contributed by atoms with E-state index in [4.69, 9.17) is 0 Å². The van der Waals surface area contributed by atoms with Gasteiger partial charge in [0.05, 0.1) is 18.1 Å². The summed E-state index contributed by atoms with van der Waals surface area (Å²) in [6.07, 6.45) is 8.22. The van der Waals surface area contributed by atoms with Crippen molar-refractivity contribution in [3.8, 4) is 0 Å². The van der Waals surface area contributed by atoms with E-state index in [1.807, 2.05) is 18.7 Å². The minimum atomic E-state index is 0.505. The smallest absolute Gasteiger partial charge is 0.110 e. The second kappa shape index (κ2) is 4.58. The average molecular weight is 248 g/mol. The summed E-state index contributed by atoms with van der Waals surface area (Å²) in [7, 11) is 2.05. The molecule has 1 fully saturated rings. The molecule has 3 rings (SSSR count). The van der Waals surface area contributed by atoms with Crippen LogP contribution in [-0.4, -0.2) is 26.0 Å². The topological polar surface area (TPSA) is 34.0 Å². The highest BCUT2D eigenvalue weighted by molar-refractivity contribution is 7.09. The number of rotatable bonds is 3. The van der Waals surface area contributed by atoms with Gasteiger partial charge in [0.15, 0.2) is 0 Å². The van der Waals surface area contributed by atoms with E-state index < -0.39 is 0 Å². The lowest BCUT2D eigenvalue weighted by Gasteiger charge is -2.22. The van der Waals surface area contributed by atoms with Gasteiger partial charge in [0.1, 0.15) is 5.01 Å². The zero-order chi connectivity index (χ0) is 11.7. The first kappa shape index (κ1) is 10.9. The summed E-state index contributed by atoms with van der Waals surface area (Å²) in [4.78, 5) is 11.1. The fraction of sp³-hybridized carbons (Fsp3) is 0.500. The van der Waals surface area contributed by atoms with Gasteiger partial charge in [0.25, 0.3) is 0 Å². The van der Waals surface area contributed by atoms with E-state index in [1.54, 1.807) is 11.3 Å². The Morgan fingerprint density at radius 3 is 3.18 bits per heavy atom. The van der Waals surface area contributed by atoms with Crippen LogP contribution in [0.2, 0.25) is 0 Å². The molecule has 0 bridgehead atoms. The number of imidazole rings is 1. The summed E-state index contributed by atoms with van der Waals surface area (Å²) < 4.78 is 2.09. The number of aryl methyl sites for hydroxylation is 1. The van der Waals surface area contributed by atoms with Gasteiger partial charge in [-0.05, 0) is 19.4 Å². The van der Waals surface area contributed by atoms with Crippen molar-refractivity contribution in [3.63, 3.8) is 0 Å². The molecule has 1 aliphatic rings. The Morgan fingerprint density at radius 1 is 1.53 bits per heavy atom. The van der Waals surface area contributed by atoms with Crippen molar-refractivity contribution >= 4 is 11.3 Å². The maximum atomic E-state index is 4.45. The van der Waals surface area contributed by atoms with Gasteiger partial charge in [0, 0.05) is 31.4 Å². The highest BCUT2D eigenvalue weighted by Crippen LogP contribution is 2.33. The van der Waals surface area contributed by atoms with Gasteiger partial charge in [-0.1, -0.05) is 0 Å². The minimum absolute atomic E-state index is 0.505. The molecule has 0 spiro atoms. The SMILES string of the molecule is Cn1cncc1CN1CCCC1c1nccs1. The van der Waals surface area contributed by atoms with Crippen molar-refractivity contribution < 1.29 is 0 Å². The number of likely N-dealkylation sites (tertiary alicyclic amines) is 1. The average Bonchev–Trinajstić information content (AvgIpc) is 3.02. The Balaban J connectivity index is 1.77. The fourth-order valence-electron chi connectivity index (χ4n) is 2.44. The lowest BCUT2D eigenvalue weighted by atomic mass is 10.2. The number of nitrogens with zero attached hydrogens (tertiary/aromatic N) is 4. The number of hydrogen-bond acceptors (Lipinski definition) is 4. The second-order valence-corrected chi connectivity index (χ2v) is 5.42. The first-order valence-electron chi connectivity index (χ1n) is 5.93. The third kappa shape index (κ3) is 2.12. The van der Waals surface area contributed by atoms with E-state index in [2.05, 4.69) is 31.9 Å². The Labute approximate surface area is 105 Å². The van der Waals surface area contributed by atoms with Gasteiger partial charge >= 0.3 is 0 Å². The van der Waals surface area contributed by atoms with E-state index in [0.29, 0.717) is 6.04 Å². The normalized spacial score (nSPS) is 21.1. The highest BCUT2D eigenvalue weighted by Gasteiger charge is 2.28. The Bertz CT molecular complexity index is 476. The molecular weight excluding hydrogens is 232 g/mol. The second-order valence-electron chi connectivity index (χ2n) is 4.49. The summed E-state index contributed by atoms with van der Waals surface area (Å²) >= 11 is 1.77. The third-order valence-corrected chi connectivity index (χ3v) is 4.26. The lowest BCUT2D eigenvalue weighted by molar-refractivity contribution is 0.242. The first-order chi connectivity index (χ1) is 8.34. The molecule has 0 aliphatic carbocycles. The quantitative estimate of drug-likeness (QED) is 0.835. The van der Waals surface area contributed by atoms with Crippen LogP contribution >= 0.6 is 11.3 Å². The molecule has 1 saturated heterocycles. The van der Waals surface area contributed by atoms with Crippen LogP contribution in [0.5, 0.6) is 0 Å². The summed E-state index contributed by atoms with van der Waals surface area (Å²) in [6.45, 7) is 2.14. The molecule has 90 valence electrons. The van der Waals surface area contributed by atoms with Crippen LogP contribution < -0.4 is 0 Å². The molecule has 0 aromatic carbocycles. The van der Waals surface area contributed by atoms with Crippen LogP contribution in [0.15, 0.2) is 24.1 Å². The van der Waals surface area contributed by atoms with Gasteiger partial charge < -0.3 is 4.57 Å². The Morgan fingerprint density at radius 2 is 2.47 bits per heavy atom. The van der Waals surface area contributed by atoms with Crippen molar-refractivity contribution in [2.45, 2.75) is 25.4 Å². The van der Waals surface area contributed by atoms with Gasteiger partial charge in [-0.2, -0.15) is 0 Å². The minimum Gasteiger partial charge on any atom is -0.337 e. The zero-order valence-corrected chi connectivity index (χ0v) is 10.7. The molecule has 1 unspecified atom stereocenters. The molecule has 0 amide bonds. The molecule has 2 aromatic heterocycles. The van der Waals surface area contributed by atoms with Crippen molar-refractivity contribution in [3.05, 3.63) is 34.8 Å². The van der Waals surface area contributed by atoms with Crippen molar-refractivity contribution in [1.82, 2.24) is 19.4 Å². The summed E-state index contributed by atoms with van der Waals surface area (Å²) in [6, 6.07) is 0.505. The summed E-state index contributed by atoms with van der Waals surface area (Å²) in [5.74, 6) is 0. The van der Waals surface area contributed by atoms with E-state index in [9.17, 15) is 0 Å². The number of thiazole rings is 1. The van der Waals surface area contributed by atoms with E-state index in [0.717, 1.165) is 13.1 Å². The molecular formula is C12H16N4S. The predicted octanol–water partition coefficient (Wildman–Crippen LogP) is 2.21. The molecule has 0 N–H and O–H groups in total. The van der Waals surface area contributed by atoms with Crippen LogP contribution in [0.1, 0.15) is 29.6 Å². The van der Waals surface area contributed by atoms with Crippen LogP contribution in [0.25, 0.3) is 0 Å². The maximum Gasteiger partial charge on any atom is 0.110 e. The monoisotopic (exact) mass is 248 g/mol. The molecule has 1 atom stereocenters. The standard InChI is InChI=1S/C12H16N4S/c1-15-9-13-7-10(15)8-16-5-2-3-11(16)12-14-4-6-17-12/h4,6-7,9,11H,2-3,5,8H2,1H3. The van der Waals surface area contributed by atoms with Gasteiger partial charge in [-0.3, -0.25) is 4.90 Å². The molecule has 17 heavy (non-hydrogen) atoms. The Kier molecular flexibility index (Phi) is 2.94. The van der Waals surface area contributed by atoms with Crippen molar-refractivity contribution in [2.75, 3.05) is 6.54 Å². The summed E-state index contributed by atoms with van der Waals surface area (Å²) in [5, 5.41) is 3.32. The van der Waals surface area contributed by atoms with Crippen LogP contribution in [-0.2, 0) is 13.6 Å². The third-order valence-electron chi connectivity index (χ3n) is 3.38. The lowest BCUT2D eigenvalue weighted by Crippen LogP contribution is -2.23. The predicted molar refractivity (Wildman–Crippen MR) is 67.7 cm³/mol. The molecule has 5 heteroatoms. The van der Waals surface area contributed by atoms with Crippen LogP contribution in [0.4, 0.5) is 0 Å². The molecule has 1 aliphatic heterocycles. The number of hydrogen-bond donors (Lipinski definition) is 0. The Hall–Kier alpha value is -1.20. The first-order valence-corrected chi connectivity index (χ1v) is 6.81. The van der Waals surface area contributed by atoms with Crippen molar-refractivity contribution in [1.29, 1.82) is 0 Å². The molecule has 2 aromatic rings. The highest BCUT2D eigenvalue weighted by atomic mass is 32.1. The molecule has 0 saturated carbocycles. The van der Waals surface area contributed by atoms with Gasteiger partial charge in [-0.25, -0.2) is 9.97 Å². The summed E-state index contributed by atoms with van der Waals surface area (Å²) in [5.41, 5.74) is 1.27. The maximum absolute atomic E-state index is 4.45. The zero-order valence-electron chi connectivity index (χ0n) is 9.91. The van der Waals surface area contributed by atoms with Gasteiger partial charge in [0.2, 0.25) is 0 Å². The van der Waals surface area contributed by atoms with Gasteiger partial charge in [-0.15, -0.1) is 11.3 Å².